The molecule has 5 heteroatoms. The molecule has 2 atom stereocenters. The molecule has 0 aliphatic heterocycles. The number of hydrogen-bond donors (Lipinski definition) is 2. The molecule has 1 fully saturated rings. The summed E-state index contributed by atoms with van der Waals surface area (Å²) >= 11 is 1.55. The van der Waals surface area contributed by atoms with E-state index in [2.05, 4.69) is 10.3 Å². The third-order valence-electron chi connectivity index (χ3n) is 3.56. The highest BCUT2D eigenvalue weighted by Gasteiger charge is 2.47. The van der Waals surface area contributed by atoms with Crippen molar-refractivity contribution in [1.82, 2.24) is 10.3 Å². The minimum Gasteiger partial charge on any atom is -0.392 e. The van der Waals surface area contributed by atoms with Crippen LogP contribution in [0.3, 0.4) is 0 Å². The van der Waals surface area contributed by atoms with E-state index in [-0.39, 0.29) is 23.5 Å². The van der Waals surface area contributed by atoms with Crippen LogP contribution in [0, 0.1) is 12.3 Å². The molecule has 1 aromatic heterocycles. The zero-order valence-corrected chi connectivity index (χ0v) is 11.2. The summed E-state index contributed by atoms with van der Waals surface area (Å²) in [5.41, 5.74) is 0.607. The Balaban J connectivity index is 1.87. The van der Waals surface area contributed by atoms with Crippen LogP contribution in [0.4, 0.5) is 0 Å². The van der Waals surface area contributed by atoms with Crippen molar-refractivity contribution in [3.05, 3.63) is 16.1 Å². The molecule has 1 aromatic rings. The van der Waals surface area contributed by atoms with Gasteiger partial charge in [-0.1, -0.05) is 13.8 Å². The first-order chi connectivity index (χ1) is 7.89. The molecule has 1 saturated carbocycles. The van der Waals surface area contributed by atoms with Crippen LogP contribution in [-0.2, 0) is 11.2 Å². The molecule has 0 spiro atoms. The topological polar surface area (TPSA) is 62.2 Å². The Kier molecular flexibility index (Phi) is 3.23. The van der Waals surface area contributed by atoms with Gasteiger partial charge in [0.2, 0.25) is 5.91 Å². The summed E-state index contributed by atoms with van der Waals surface area (Å²) in [5.74, 6) is -0.0136. The van der Waals surface area contributed by atoms with E-state index in [1.165, 1.54) is 0 Å². The maximum Gasteiger partial charge on any atom is 0.226 e. The van der Waals surface area contributed by atoms with E-state index in [0.29, 0.717) is 12.8 Å². The largest absolute Gasteiger partial charge is 0.392 e. The summed E-state index contributed by atoms with van der Waals surface area (Å²) < 4.78 is 0. The van der Waals surface area contributed by atoms with Gasteiger partial charge in [0.25, 0.3) is 0 Å². The second kappa shape index (κ2) is 4.38. The van der Waals surface area contributed by atoms with E-state index in [0.717, 1.165) is 10.7 Å². The summed E-state index contributed by atoms with van der Waals surface area (Å²) in [6.45, 7) is 5.87. The summed E-state index contributed by atoms with van der Waals surface area (Å²) in [4.78, 5) is 16.1. The van der Waals surface area contributed by atoms with Gasteiger partial charge < -0.3 is 10.4 Å². The van der Waals surface area contributed by atoms with Crippen molar-refractivity contribution in [2.24, 2.45) is 5.41 Å². The highest BCUT2D eigenvalue weighted by molar-refractivity contribution is 7.09. The van der Waals surface area contributed by atoms with E-state index < -0.39 is 0 Å². The first-order valence-corrected chi connectivity index (χ1v) is 6.66. The maximum absolute atomic E-state index is 11.8. The Morgan fingerprint density at radius 3 is 2.88 bits per heavy atom. The molecule has 17 heavy (non-hydrogen) atoms. The second-order valence-corrected chi connectivity index (χ2v) is 6.29. The number of rotatable bonds is 3. The Morgan fingerprint density at radius 1 is 1.71 bits per heavy atom. The fraction of sp³-hybridized carbons (Fsp3) is 0.667. The molecular weight excluding hydrogens is 236 g/mol. The highest BCUT2D eigenvalue weighted by atomic mass is 32.1. The van der Waals surface area contributed by atoms with Crippen molar-refractivity contribution in [3.8, 4) is 0 Å². The number of aromatic nitrogens is 1. The van der Waals surface area contributed by atoms with Crippen molar-refractivity contribution in [2.45, 2.75) is 45.8 Å². The Morgan fingerprint density at radius 2 is 2.41 bits per heavy atom. The third kappa shape index (κ3) is 2.50. The fourth-order valence-corrected chi connectivity index (χ4v) is 2.66. The Hall–Kier alpha value is -0.940. The van der Waals surface area contributed by atoms with Gasteiger partial charge in [-0.15, -0.1) is 11.3 Å². The van der Waals surface area contributed by atoms with Crippen LogP contribution in [0.25, 0.3) is 0 Å². The van der Waals surface area contributed by atoms with Gasteiger partial charge >= 0.3 is 0 Å². The van der Waals surface area contributed by atoms with E-state index >= 15 is 0 Å². The predicted octanol–water partition coefficient (Wildman–Crippen LogP) is 1.27. The zero-order valence-electron chi connectivity index (χ0n) is 10.4. The molecule has 0 radical (unpaired) electrons. The summed E-state index contributed by atoms with van der Waals surface area (Å²) in [6.07, 6.45) is 0.663. The van der Waals surface area contributed by atoms with Crippen molar-refractivity contribution in [3.63, 3.8) is 0 Å². The van der Waals surface area contributed by atoms with Gasteiger partial charge in [-0.25, -0.2) is 4.98 Å². The van der Waals surface area contributed by atoms with Gasteiger partial charge in [0.1, 0.15) is 0 Å². The maximum atomic E-state index is 11.8. The molecule has 1 aliphatic rings. The number of amides is 1. The molecular formula is C12H18N2O2S. The van der Waals surface area contributed by atoms with Gasteiger partial charge in [-0.3, -0.25) is 4.79 Å². The van der Waals surface area contributed by atoms with Crippen LogP contribution >= 0.6 is 11.3 Å². The molecule has 2 N–H and O–H groups in total. The number of nitrogens with zero attached hydrogens (tertiary/aromatic N) is 1. The monoisotopic (exact) mass is 254 g/mol. The van der Waals surface area contributed by atoms with Gasteiger partial charge in [-0.05, 0) is 13.3 Å². The third-order valence-corrected chi connectivity index (χ3v) is 4.38. The van der Waals surface area contributed by atoms with Crippen molar-refractivity contribution < 1.29 is 9.90 Å². The molecule has 0 saturated heterocycles. The summed E-state index contributed by atoms with van der Waals surface area (Å²) in [5, 5.41) is 15.4. The molecule has 2 rings (SSSR count). The minimum absolute atomic E-state index is 0.0136. The molecule has 0 aromatic carbocycles. The molecule has 2 unspecified atom stereocenters. The summed E-state index contributed by atoms with van der Waals surface area (Å²) in [6, 6.07) is 0.0738. The van der Waals surface area contributed by atoms with Gasteiger partial charge in [0.15, 0.2) is 0 Å². The predicted molar refractivity (Wildman–Crippen MR) is 66.9 cm³/mol. The van der Waals surface area contributed by atoms with E-state index in [1.54, 1.807) is 11.3 Å². The minimum atomic E-state index is -0.311. The van der Waals surface area contributed by atoms with Gasteiger partial charge in [0, 0.05) is 16.8 Å². The lowest BCUT2D eigenvalue weighted by Gasteiger charge is -2.49. The lowest BCUT2D eigenvalue weighted by molar-refractivity contribution is -0.128. The SMILES string of the molecule is Cc1nc(CC(=O)NC2CC(O)C2(C)C)cs1. The van der Waals surface area contributed by atoms with Gasteiger partial charge in [0.05, 0.1) is 23.2 Å². The van der Waals surface area contributed by atoms with E-state index in [1.807, 2.05) is 26.2 Å². The Labute approximate surface area is 105 Å². The number of thiazole rings is 1. The molecule has 0 bridgehead atoms. The van der Waals surface area contributed by atoms with Crippen LogP contribution in [0.2, 0.25) is 0 Å². The fourth-order valence-electron chi connectivity index (χ4n) is 2.05. The average molecular weight is 254 g/mol. The quantitative estimate of drug-likeness (QED) is 0.854. The number of aliphatic hydroxyl groups excluding tert-OH is 1. The normalized spacial score (nSPS) is 26.4. The number of hydrogen-bond acceptors (Lipinski definition) is 4. The molecule has 94 valence electrons. The lowest BCUT2D eigenvalue weighted by atomic mass is 9.64. The number of carbonyl (C=O) groups is 1. The van der Waals surface area contributed by atoms with Crippen LogP contribution in [0.15, 0.2) is 5.38 Å². The second-order valence-electron chi connectivity index (χ2n) is 5.23. The standard InChI is InChI=1S/C12H18N2O2S/c1-7-13-8(6-17-7)4-11(16)14-9-5-10(15)12(9,2)3/h6,9-10,15H,4-5H2,1-3H3,(H,14,16). The van der Waals surface area contributed by atoms with Crippen LogP contribution < -0.4 is 5.32 Å². The first-order valence-electron chi connectivity index (χ1n) is 5.78. The van der Waals surface area contributed by atoms with Crippen LogP contribution in [0.1, 0.15) is 31.0 Å². The average Bonchev–Trinajstić information content (AvgIpc) is 2.63. The first kappa shape index (κ1) is 12.5. The lowest BCUT2D eigenvalue weighted by Crippen LogP contribution is -2.61. The molecule has 4 nitrogen and oxygen atoms in total. The molecule has 1 amide bonds. The van der Waals surface area contributed by atoms with Crippen LogP contribution in [0.5, 0.6) is 0 Å². The van der Waals surface area contributed by atoms with E-state index in [9.17, 15) is 9.90 Å². The van der Waals surface area contributed by atoms with E-state index in [4.69, 9.17) is 0 Å². The van der Waals surface area contributed by atoms with Crippen molar-refractivity contribution >= 4 is 17.2 Å². The molecule has 1 heterocycles. The number of nitrogens with one attached hydrogen (secondary N) is 1. The number of aryl methyl sites for hydroxylation is 1. The Bertz CT molecular complexity index is 428. The van der Waals surface area contributed by atoms with Crippen molar-refractivity contribution in [1.29, 1.82) is 0 Å². The van der Waals surface area contributed by atoms with Gasteiger partial charge in [-0.2, -0.15) is 0 Å². The zero-order chi connectivity index (χ0) is 12.6. The number of carbonyl (C=O) groups excluding carboxylic acids is 1. The smallest absolute Gasteiger partial charge is 0.226 e. The van der Waals surface area contributed by atoms with Crippen molar-refractivity contribution in [2.75, 3.05) is 0 Å². The highest BCUT2D eigenvalue weighted by Crippen LogP contribution is 2.40. The molecule has 1 aliphatic carbocycles. The number of aliphatic hydroxyl groups is 1. The van der Waals surface area contributed by atoms with Crippen LogP contribution in [-0.4, -0.2) is 28.1 Å². The summed E-state index contributed by atoms with van der Waals surface area (Å²) in [7, 11) is 0.